The van der Waals surface area contributed by atoms with E-state index in [0.717, 1.165) is 18.2 Å². The molecule has 2 amide bonds. The molecule has 0 heterocycles. The first-order valence-corrected chi connectivity index (χ1v) is 11.1. The number of amides is 2. The molecule has 0 spiro atoms. The third-order valence-electron chi connectivity index (χ3n) is 4.92. The molecular weight excluding hydrogens is 600 g/mol. The van der Waals surface area contributed by atoms with Gasteiger partial charge in [-0.2, -0.15) is 26.3 Å². The maximum Gasteiger partial charge on any atom is 0.417 e. The number of hydrogen-bond donors (Lipinski definition) is 2. The third kappa shape index (κ3) is 5.92. The zero-order valence-corrected chi connectivity index (χ0v) is 20.3. The van der Waals surface area contributed by atoms with Crippen LogP contribution in [0.25, 0.3) is 0 Å². The SMILES string of the molecule is O=C(NCC(F)(F)F)c1cc(NC(=O)[C@@H]2[C@@H](c3ccc(C(F)(F)F)c(Br)c3)C2(Cl)Cl)ccc1Cl. The zero-order chi connectivity index (χ0) is 25.6. The van der Waals surface area contributed by atoms with Crippen molar-refractivity contribution in [3.8, 4) is 0 Å². The lowest BCUT2D eigenvalue weighted by Crippen LogP contribution is -2.33. The van der Waals surface area contributed by atoms with Crippen molar-refractivity contribution >= 4 is 68.2 Å². The minimum Gasteiger partial charge on any atom is -0.343 e. The van der Waals surface area contributed by atoms with Crippen molar-refractivity contribution in [1.82, 2.24) is 5.32 Å². The van der Waals surface area contributed by atoms with Gasteiger partial charge < -0.3 is 10.6 Å². The molecule has 0 bridgehead atoms. The van der Waals surface area contributed by atoms with Crippen LogP contribution >= 0.6 is 50.7 Å². The number of anilines is 1. The molecular formula is C20H12BrCl3F6N2O2. The summed E-state index contributed by atoms with van der Waals surface area (Å²) in [6.07, 6.45) is -9.22. The van der Waals surface area contributed by atoms with Gasteiger partial charge >= 0.3 is 12.4 Å². The van der Waals surface area contributed by atoms with Gasteiger partial charge in [0, 0.05) is 16.1 Å². The van der Waals surface area contributed by atoms with Crippen LogP contribution in [0.2, 0.25) is 5.02 Å². The average Bonchev–Trinajstić information content (AvgIpc) is 3.28. The summed E-state index contributed by atoms with van der Waals surface area (Å²) in [6, 6.07) is 6.74. The summed E-state index contributed by atoms with van der Waals surface area (Å²) in [7, 11) is 0. The largest absolute Gasteiger partial charge is 0.417 e. The first-order chi connectivity index (χ1) is 15.5. The fraction of sp³-hybridized carbons (Fsp3) is 0.300. The highest BCUT2D eigenvalue weighted by Gasteiger charge is 2.67. The van der Waals surface area contributed by atoms with Crippen LogP contribution in [-0.4, -0.2) is 28.9 Å². The zero-order valence-electron chi connectivity index (χ0n) is 16.4. The Bertz CT molecular complexity index is 1140. The number of hydrogen-bond acceptors (Lipinski definition) is 2. The molecule has 34 heavy (non-hydrogen) atoms. The van der Waals surface area contributed by atoms with Gasteiger partial charge in [-0.05, 0) is 35.9 Å². The van der Waals surface area contributed by atoms with Crippen LogP contribution in [0.4, 0.5) is 32.0 Å². The van der Waals surface area contributed by atoms with E-state index in [1.165, 1.54) is 18.2 Å². The van der Waals surface area contributed by atoms with E-state index in [9.17, 15) is 35.9 Å². The van der Waals surface area contributed by atoms with E-state index in [4.69, 9.17) is 34.8 Å². The van der Waals surface area contributed by atoms with Crippen molar-refractivity contribution < 1.29 is 35.9 Å². The molecule has 2 N–H and O–H groups in total. The molecule has 0 unspecified atom stereocenters. The standard InChI is InChI=1S/C20H12BrCl3F6N2O2/c21-12-5-8(1-3-11(12)20(28,29)30)14-15(19(14,23)24)17(34)32-9-2-4-13(22)10(6-9)16(33)31-7-18(25,26)27/h1-6,14-15H,7H2,(H,31,33)(H,32,34)/t14-,15+/m1/s1. The van der Waals surface area contributed by atoms with Crippen molar-refractivity contribution in [1.29, 1.82) is 0 Å². The van der Waals surface area contributed by atoms with E-state index in [1.807, 2.05) is 0 Å². The minimum absolute atomic E-state index is 0.0231. The van der Waals surface area contributed by atoms with Crippen LogP contribution < -0.4 is 10.6 Å². The van der Waals surface area contributed by atoms with Crippen molar-refractivity contribution in [3.05, 3.63) is 62.6 Å². The van der Waals surface area contributed by atoms with E-state index in [1.54, 1.807) is 5.32 Å². The summed E-state index contributed by atoms with van der Waals surface area (Å²) in [4.78, 5) is 24.8. The lowest BCUT2D eigenvalue weighted by Gasteiger charge is -2.12. The molecule has 3 rings (SSSR count). The van der Waals surface area contributed by atoms with Gasteiger partial charge in [0.15, 0.2) is 0 Å². The molecule has 2 aromatic carbocycles. The monoisotopic (exact) mass is 610 g/mol. The average molecular weight is 613 g/mol. The molecule has 1 saturated carbocycles. The Balaban J connectivity index is 1.76. The smallest absolute Gasteiger partial charge is 0.343 e. The van der Waals surface area contributed by atoms with Gasteiger partial charge in [-0.1, -0.05) is 33.6 Å². The molecule has 1 fully saturated rings. The quantitative estimate of drug-likeness (QED) is 0.284. The number of carbonyl (C=O) groups excluding carboxylic acids is 2. The Labute approximate surface area is 212 Å². The predicted molar refractivity (Wildman–Crippen MR) is 118 cm³/mol. The molecule has 0 aliphatic heterocycles. The second kappa shape index (κ2) is 9.40. The number of benzene rings is 2. The molecule has 14 heteroatoms. The molecule has 1 aliphatic rings. The second-order valence-corrected chi connectivity index (χ2v) is 10.1. The van der Waals surface area contributed by atoms with E-state index in [0.29, 0.717) is 0 Å². The first kappa shape index (κ1) is 26.9. The summed E-state index contributed by atoms with van der Waals surface area (Å²) in [5, 5.41) is 3.96. The Kier molecular flexibility index (Phi) is 7.44. The van der Waals surface area contributed by atoms with E-state index >= 15 is 0 Å². The predicted octanol–water partition coefficient (Wildman–Crippen LogP) is 6.94. The Hall–Kier alpha value is -1.69. The van der Waals surface area contributed by atoms with Crippen LogP contribution in [0.5, 0.6) is 0 Å². The van der Waals surface area contributed by atoms with Crippen LogP contribution in [-0.2, 0) is 11.0 Å². The lowest BCUT2D eigenvalue weighted by atomic mass is 10.1. The summed E-state index contributed by atoms with van der Waals surface area (Å²) >= 11 is 21.2. The molecule has 1 aliphatic carbocycles. The Morgan fingerprint density at radius 1 is 1.03 bits per heavy atom. The summed E-state index contributed by atoms with van der Waals surface area (Å²) in [5.41, 5.74) is -0.917. The summed E-state index contributed by atoms with van der Waals surface area (Å²) in [6.45, 7) is -1.58. The maximum absolute atomic E-state index is 13.0. The van der Waals surface area contributed by atoms with Crippen LogP contribution in [0.3, 0.4) is 0 Å². The second-order valence-electron chi connectivity index (χ2n) is 7.35. The molecule has 2 atom stereocenters. The van der Waals surface area contributed by atoms with E-state index in [2.05, 4.69) is 21.2 Å². The number of alkyl halides is 8. The summed E-state index contributed by atoms with van der Waals surface area (Å²) in [5.74, 6) is -3.72. The number of rotatable bonds is 5. The Morgan fingerprint density at radius 3 is 2.24 bits per heavy atom. The van der Waals surface area contributed by atoms with Crippen LogP contribution in [0, 0.1) is 5.92 Å². The minimum atomic E-state index is -4.63. The van der Waals surface area contributed by atoms with E-state index in [-0.39, 0.29) is 26.3 Å². The molecule has 0 aromatic heterocycles. The summed E-state index contributed by atoms with van der Waals surface area (Å²) < 4.78 is 74.1. The molecule has 4 nitrogen and oxygen atoms in total. The van der Waals surface area contributed by atoms with Gasteiger partial charge in [0.25, 0.3) is 5.91 Å². The van der Waals surface area contributed by atoms with Crippen molar-refractivity contribution in [2.24, 2.45) is 5.92 Å². The highest BCUT2D eigenvalue weighted by molar-refractivity contribution is 9.10. The van der Waals surface area contributed by atoms with Crippen molar-refractivity contribution in [3.63, 3.8) is 0 Å². The van der Waals surface area contributed by atoms with Gasteiger partial charge in [0.1, 0.15) is 10.9 Å². The number of halogens is 10. The van der Waals surface area contributed by atoms with Gasteiger partial charge in [-0.15, -0.1) is 23.2 Å². The van der Waals surface area contributed by atoms with Crippen LogP contribution in [0.1, 0.15) is 27.4 Å². The molecule has 184 valence electrons. The van der Waals surface area contributed by atoms with Crippen LogP contribution in [0.15, 0.2) is 40.9 Å². The van der Waals surface area contributed by atoms with Gasteiger partial charge in [0.2, 0.25) is 5.91 Å². The van der Waals surface area contributed by atoms with Crippen molar-refractivity contribution in [2.75, 3.05) is 11.9 Å². The fourth-order valence-corrected chi connectivity index (χ4v) is 4.95. The molecule has 2 aromatic rings. The maximum atomic E-state index is 13.0. The number of nitrogens with one attached hydrogen (secondary N) is 2. The third-order valence-corrected chi connectivity index (χ3v) is 6.85. The topological polar surface area (TPSA) is 58.2 Å². The number of carbonyl (C=O) groups is 2. The molecule has 0 saturated heterocycles. The first-order valence-electron chi connectivity index (χ1n) is 9.22. The highest BCUT2D eigenvalue weighted by Crippen LogP contribution is 2.65. The Morgan fingerprint density at radius 2 is 1.68 bits per heavy atom. The van der Waals surface area contributed by atoms with Gasteiger partial charge in [-0.25, -0.2) is 0 Å². The van der Waals surface area contributed by atoms with Gasteiger partial charge in [0.05, 0.1) is 22.1 Å². The lowest BCUT2D eigenvalue weighted by molar-refractivity contribution is -0.138. The van der Waals surface area contributed by atoms with Gasteiger partial charge in [-0.3, -0.25) is 9.59 Å². The fourth-order valence-electron chi connectivity index (χ4n) is 3.30. The highest BCUT2D eigenvalue weighted by atomic mass is 79.9. The molecule has 0 radical (unpaired) electrons. The van der Waals surface area contributed by atoms with E-state index < -0.39 is 52.4 Å². The normalized spacial score (nSPS) is 19.5. The van der Waals surface area contributed by atoms with Crippen molar-refractivity contribution in [2.45, 2.75) is 22.6 Å².